The predicted molar refractivity (Wildman–Crippen MR) is 125 cm³/mol. The first-order valence-corrected chi connectivity index (χ1v) is 11.5. The van der Waals surface area contributed by atoms with E-state index < -0.39 is 23.8 Å². The zero-order valence-electron chi connectivity index (χ0n) is 19.3. The van der Waals surface area contributed by atoms with Crippen LogP contribution in [0.25, 0.3) is 0 Å². The van der Waals surface area contributed by atoms with Crippen LogP contribution >= 0.6 is 0 Å². The summed E-state index contributed by atoms with van der Waals surface area (Å²) in [6.07, 6.45) is 2.68. The van der Waals surface area contributed by atoms with Crippen LogP contribution in [0.5, 0.6) is 0 Å². The van der Waals surface area contributed by atoms with E-state index in [-0.39, 0.29) is 30.7 Å². The molecule has 5 nitrogen and oxygen atoms in total. The van der Waals surface area contributed by atoms with E-state index in [9.17, 15) is 23.5 Å². The number of amides is 2. The van der Waals surface area contributed by atoms with Gasteiger partial charge in [-0.1, -0.05) is 43.7 Å². The average molecular weight is 461 g/mol. The smallest absolute Gasteiger partial charge is 0.220 e. The van der Waals surface area contributed by atoms with Crippen molar-refractivity contribution in [3.63, 3.8) is 0 Å². The molecule has 0 bridgehead atoms. The maximum Gasteiger partial charge on any atom is 0.220 e. The van der Waals surface area contributed by atoms with Crippen LogP contribution in [0.3, 0.4) is 0 Å². The fourth-order valence-electron chi connectivity index (χ4n) is 3.98. The highest BCUT2D eigenvalue weighted by atomic mass is 19.1. The van der Waals surface area contributed by atoms with Crippen LogP contribution in [0.4, 0.5) is 8.78 Å². The lowest BCUT2D eigenvalue weighted by Crippen LogP contribution is -2.47. The Bertz CT molecular complexity index is 872. The molecule has 0 heterocycles. The third kappa shape index (κ3) is 10.1. The summed E-state index contributed by atoms with van der Waals surface area (Å²) >= 11 is 0. The SMILES string of the molecule is CCCC(CC(O)C(Cc1cc(F)cc(F)c1)NC(C)=O)NC(=O)CCCc1ccccc1. The molecule has 0 fully saturated rings. The number of carbonyl (C=O) groups is 2. The molecule has 0 aliphatic rings. The van der Waals surface area contributed by atoms with Crippen molar-refractivity contribution in [3.05, 3.63) is 71.3 Å². The molecule has 0 aliphatic carbocycles. The normalized spacial score (nSPS) is 13.7. The number of hydrogen-bond donors (Lipinski definition) is 3. The molecule has 2 aromatic rings. The van der Waals surface area contributed by atoms with Gasteiger partial charge in [-0.05, 0) is 55.4 Å². The number of halogens is 2. The zero-order chi connectivity index (χ0) is 24.2. The molecule has 2 aromatic carbocycles. The molecule has 0 aromatic heterocycles. The Morgan fingerprint density at radius 2 is 1.67 bits per heavy atom. The molecule has 3 N–H and O–H groups in total. The topological polar surface area (TPSA) is 78.4 Å². The lowest BCUT2D eigenvalue weighted by molar-refractivity contribution is -0.123. The van der Waals surface area contributed by atoms with E-state index in [1.165, 1.54) is 24.6 Å². The van der Waals surface area contributed by atoms with Gasteiger partial charge in [0.05, 0.1) is 12.1 Å². The minimum Gasteiger partial charge on any atom is -0.391 e. The maximum atomic E-state index is 13.6. The van der Waals surface area contributed by atoms with Crippen LogP contribution in [0.2, 0.25) is 0 Å². The lowest BCUT2D eigenvalue weighted by Gasteiger charge is -2.28. The zero-order valence-corrected chi connectivity index (χ0v) is 19.3. The van der Waals surface area contributed by atoms with Crippen LogP contribution in [-0.2, 0) is 22.4 Å². The first kappa shape index (κ1) is 26.5. The van der Waals surface area contributed by atoms with Gasteiger partial charge in [0.15, 0.2) is 0 Å². The molecule has 0 saturated heterocycles. The Morgan fingerprint density at radius 3 is 2.27 bits per heavy atom. The van der Waals surface area contributed by atoms with Crippen LogP contribution < -0.4 is 10.6 Å². The Kier molecular flexibility index (Phi) is 11.0. The minimum atomic E-state index is -0.999. The maximum absolute atomic E-state index is 13.6. The van der Waals surface area contributed by atoms with Gasteiger partial charge in [-0.3, -0.25) is 9.59 Å². The summed E-state index contributed by atoms with van der Waals surface area (Å²) in [5, 5.41) is 16.5. The Hall–Kier alpha value is -2.80. The van der Waals surface area contributed by atoms with Crippen molar-refractivity contribution >= 4 is 11.8 Å². The van der Waals surface area contributed by atoms with Gasteiger partial charge >= 0.3 is 0 Å². The van der Waals surface area contributed by atoms with Crippen molar-refractivity contribution in [1.82, 2.24) is 10.6 Å². The van der Waals surface area contributed by atoms with Gasteiger partial charge in [0, 0.05) is 25.5 Å². The average Bonchev–Trinajstić information content (AvgIpc) is 2.73. The van der Waals surface area contributed by atoms with Gasteiger partial charge < -0.3 is 15.7 Å². The van der Waals surface area contributed by atoms with Crippen molar-refractivity contribution in [3.8, 4) is 0 Å². The van der Waals surface area contributed by atoms with Gasteiger partial charge in [0.2, 0.25) is 11.8 Å². The van der Waals surface area contributed by atoms with Gasteiger partial charge in [-0.15, -0.1) is 0 Å². The number of carbonyl (C=O) groups excluding carboxylic acids is 2. The van der Waals surface area contributed by atoms with E-state index in [1.807, 2.05) is 37.3 Å². The van der Waals surface area contributed by atoms with Gasteiger partial charge in [0.1, 0.15) is 11.6 Å². The molecular formula is C26H34F2N2O3. The molecule has 3 atom stereocenters. The molecule has 3 unspecified atom stereocenters. The molecule has 0 saturated carbocycles. The standard InChI is InChI=1S/C26H34F2N2O3/c1-3-8-23(30-26(33)12-7-11-19-9-5-4-6-10-19)17-25(32)24(29-18(2)31)15-20-13-21(27)16-22(28)14-20/h4-6,9-10,13-14,16,23-25,32H,3,7-8,11-12,15,17H2,1-2H3,(H,29,31)(H,30,33). The Balaban J connectivity index is 1.95. The molecule has 0 spiro atoms. The molecule has 7 heteroatoms. The number of aryl methyl sites for hydroxylation is 1. The summed E-state index contributed by atoms with van der Waals surface area (Å²) < 4.78 is 27.1. The summed E-state index contributed by atoms with van der Waals surface area (Å²) in [6.45, 7) is 3.31. The second kappa shape index (κ2) is 13.7. The molecular weight excluding hydrogens is 426 g/mol. The summed E-state index contributed by atoms with van der Waals surface area (Å²) in [6, 6.07) is 12.1. The molecule has 180 valence electrons. The minimum absolute atomic E-state index is 0.0687. The fourth-order valence-corrected chi connectivity index (χ4v) is 3.98. The summed E-state index contributed by atoms with van der Waals surface area (Å²) in [5.41, 5.74) is 1.51. The molecule has 2 rings (SSSR count). The Labute approximate surface area is 194 Å². The quantitative estimate of drug-likeness (QED) is 0.422. The Morgan fingerprint density at radius 1 is 1.00 bits per heavy atom. The first-order chi connectivity index (χ1) is 15.8. The third-order valence-corrected chi connectivity index (χ3v) is 5.47. The highest BCUT2D eigenvalue weighted by molar-refractivity contribution is 5.76. The van der Waals surface area contributed by atoms with E-state index in [4.69, 9.17) is 0 Å². The summed E-state index contributed by atoms with van der Waals surface area (Å²) in [7, 11) is 0. The van der Waals surface area contributed by atoms with E-state index in [0.717, 1.165) is 25.3 Å². The number of benzene rings is 2. The molecule has 0 radical (unpaired) electrons. The van der Waals surface area contributed by atoms with E-state index in [2.05, 4.69) is 10.6 Å². The number of hydrogen-bond acceptors (Lipinski definition) is 3. The van der Waals surface area contributed by atoms with Gasteiger partial charge in [0.25, 0.3) is 0 Å². The fraction of sp³-hybridized carbons (Fsp3) is 0.462. The van der Waals surface area contributed by atoms with Crippen LogP contribution in [0, 0.1) is 11.6 Å². The second-order valence-electron chi connectivity index (χ2n) is 8.48. The monoisotopic (exact) mass is 460 g/mol. The van der Waals surface area contributed by atoms with Crippen molar-refractivity contribution < 1.29 is 23.5 Å². The lowest BCUT2D eigenvalue weighted by atomic mass is 9.94. The van der Waals surface area contributed by atoms with Crippen LogP contribution in [-0.4, -0.2) is 35.1 Å². The second-order valence-corrected chi connectivity index (χ2v) is 8.48. The largest absolute Gasteiger partial charge is 0.391 e. The molecule has 0 aliphatic heterocycles. The first-order valence-electron chi connectivity index (χ1n) is 11.5. The highest BCUT2D eigenvalue weighted by Crippen LogP contribution is 2.16. The summed E-state index contributed by atoms with van der Waals surface area (Å²) in [4.78, 5) is 24.1. The van der Waals surface area contributed by atoms with Crippen LogP contribution in [0.15, 0.2) is 48.5 Å². The third-order valence-electron chi connectivity index (χ3n) is 5.47. The van der Waals surface area contributed by atoms with Crippen molar-refractivity contribution in [2.45, 2.75) is 77.0 Å². The molecule has 33 heavy (non-hydrogen) atoms. The van der Waals surface area contributed by atoms with Crippen LogP contribution in [0.1, 0.15) is 57.1 Å². The van der Waals surface area contributed by atoms with Crippen molar-refractivity contribution in [2.24, 2.45) is 0 Å². The summed E-state index contributed by atoms with van der Waals surface area (Å²) in [5.74, 6) is -1.87. The molecule has 2 amide bonds. The highest BCUT2D eigenvalue weighted by Gasteiger charge is 2.25. The number of nitrogens with one attached hydrogen (secondary N) is 2. The van der Waals surface area contributed by atoms with Crippen molar-refractivity contribution in [2.75, 3.05) is 0 Å². The van der Waals surface area contributed by atoms with Gasteiger partial charge in [-0.2, -0.15) is 0 Å². The number of aliphatic hydroxyl groups excluding tert-OH is 1. The predicted octanol–water partition coefficient (Wildman–Crippen LogP) is 4.07. The van der Waals surface area contributed by atoms with Crippen molar-refractivity contribution in [1.29, 1.82) is 0 Å². The van der Waals surface area contributed by atoms with E-state index in [1.54, 1.807) is 0 Å². The van der Waals surface area contributed by atoms with Gasteiger partial charge in [-0.25, -0.2) is 8.78 Å². The van der Waals surface area contributed by atoms with E-state index in [0.29, 0.717) is 18.4 Å². The number of aliphatic hydroxyl groups is 1. The number of rotatable bonds is 13. The van der Waals surface area contributed by atoms with E-state index >= 15 is 0 Å².